The number of halogens is 4. The third-order valence-electron chi connectivity index (χ3n) is 6.75. The van der Waals surface area contributed by atoms with Crippen molar-refractivity contribution in [1.82, 2.24) is 0 Å². The fourth-order valence-corrected chi connectivity index (χ4v) is 4.42. The van der Waals surface area contributed by atoms with Gasteiger partial charge in [0.25, 0.3) is 0 Å². The summed E-state index contributed by atoms with van der Waals surface area (Å²) in [4.78, 5) is 0. The second-order valence-corrected chi connectivity index (χ2v) is 9.26. The van der Waals surface area contributed by atoms with Crippen LogP contribution in [0.15, 0.2) is 72.7 Å². The molecule has 0 bridgehead atoms. The van der Waals surface area contributed by atoms with Crippen molar-refractivity contribution in [3.8, 4) is 16.9 Å². The van der Waals surface area contributed by atoms with Gasteiger partial charge in [-0.05, 0) is 67.2 Å². The molecule has 0 saturated heterocycles. The normalized spacial score (nSPS) is 18.1. The zero-order chi connectivity index (χ0) is 26.9. The first-order valence-electron chi connectivity index (χ1n) is 12.6. The lowest BCUT2D eigenvalue weighted by Crippen LogP contribution is -2.19. The molecule has 3 rings (SSSR count). The molecule has 1 aliphatic rings. The Morgan fingerprint density at radius 3 is 2.16 bits per heavy atom. The second-order valence-electron chi connectivity index (χ2n) is 9.26. The molecule has 0 radical (unpaired) electrons. The minimum Gasteiger partial charge on any atom is -0.494 e. The smallest absolute Gasteiger partial charge is 0.203 e. The van der Waals surface area contributed by atoms with E-state index in [9.17, 15) is 8.78 Å². The van der Waals surface area contributed by atoms with Crippen molar-refractivity contribution in [2.45, 2.75) is 51.4 Å². The van der Waals surface area contributed by atoms with E-state index in [-0.39, 0.29) is 24.0 Å². The first kappa shape index (κ1) is 28.4. The van der Waals surface area contributed by atoms with E-state index in [0.717, 1.165) is 12.8 Å². The Morgan fingerprint density at radius 1 is 0.892 bits per heavy atom. The summed E-state index contributed by atoms with van der Waals surface area (Å²) < 4.78 is 73.5. The van der Waals surface area contributed by atoms with Crippen LogP contribution in [0.1, 0.15) is 56.9 Å². The Bertz CT molecular complexity index is 1120. The molecular formula is C30H34F4O3. The first-order chi connectivity index (χ1) is 17.8. The van der Waals surface area contributed by atoms with Crippen molar-refractivity contribution in [1.29, 1.82) is 0 Å². The molecule has 7 heteroatoms. The van der Waals surface area contributed by atoms with Crippen molar-refractivity contribution < 1.29 is 31.8 Å². The molecule has 0 aliphatic heterocycles. The van der Waals surface area contributed by atoms with E-state index in [1.807, 2.05) is 0 Å². The number of hydrogen-bond acceptors (Lipinski definition) is 3. The molecule has 1 fully saturated rings. The van der Waals surface area contributed by atoms with Gasteiger partial charge in [0, 0.05) is 5.56 Å². The van der Waals surface area contributed by atoms with Crippen LogP contribution < -0.4 is 4.74 Å². The minimum absolute atomic E-state index is 0.0692. The van der Waals surface area contributed by atoms with E-state index in [0.29, 0.717) is 49.2 Å². The highest BCUT2D eigenvalue weighted by atomic mass is 19.2. The monoisotopic (exact) mass is 518 g/mol. The van der Waals surface area contributed by atoms with Gasteiger partial charge in [0.05, 0.1) is 20.3 Å². The lowest BCUT2D eigenvalue weighted by atomic mass is 9.78. The fourth-order valence-electron chi connectivity index (χ4n) is 4.42. The standard InChI is InChI=1S/C30H34F4O3/c1-5-6-17-36-24-13-11-23(12-14-24)26-16-15-25(29(33)30(26)34)22-9-7-21(8-10-22)18-37-20(3)28(32)27(31)19(2)35-4/h11-16,21-22H,2-3,5-10,17-18H2,1,4H3/b28-27-. The molecule has 0 aromatic heterocycles. The molecular weight excluding hydrogens is 484 g/mol. The van der Waals surface area contributed by atoms with E-state index >= 15 is 8.78 Å². The van der Waals surface area contributed by atoms with Gasteiger partial charge in [-0.15, -0.1) is 0 Å². The average Bonchev–Trinajstić information content (AvgIpc) is 2.93. The molecule has 0 atom stereocenters. The van der Waals surface area contributed by atoms with Crippen LogP contribution >= 0.6 is 0 Å². The Hall–Kier alpha value is -3.22. The van der Waals surface area contributed by atoms with Crippen molar-refractivity contribution in [2.75, 3.05) is 20.3 Å². The molecule has 1 saturated carbocycles. The topological polar surface area (TPSA) is 27.7 Å². The van der Waals surface area contributed by atoms with Crippen LogP contribution in [-0.2, 0) is 9.47 Å². The van der Waals surface area contributed by atoms with Crippen LogP contribution in [0.3, 0.4) is 0 Å². The Balaban J connectivity index is 1.58. The number of methoxy groups -OCH3 is 1. The maximum Gasteiger partial charge on any atom is 0.203 e. The number of ether oxygens (including phenoxy) is 3. The molecule has 200 valence electrons. The Kier molecular flexibility index (Phi) is 10.2. The number of allylic oxidation sites excluding steroid dienone is 2. The summed E-state index contributed by atoms with van der Waals surface area (Å²) in [5.74, 6) is -4.43. The number of hydrogen-bond donors (Lipinski definition) is 0. The van der Waals surface area contributed by atoms with E-state index in [1.54, 1.807) is 36.4 Å². The van der Waals surface area contributed by atoms with Gasteiger partial charge in [-0.25, -0.2) is 8.78 Å². The van der Waals surface area contributed by atoms with Gasteiger partial charge in [0.1, 0.15) is 5.75 Å². The molecule has 1 aliphatic carbocycles. The second kappa shape index (κ2) is 13.4. The van der Waals surface area contributed by atoms with Crippen LogP contribution in [0.2, 0.25) is 0 Å². The Labute approximate surface area is 216 Å². The molecule has 3 nitrogen and oxygen atoms in total. The molecule has 0 amide bonds. The van der Waals surface area contributed by atoms with Gasteiger partial charge >= 0.3 is 0 Å². The molecule has 0 unspecified atom stereocenters. The highest BCUT2D eigenvalue weighted by molar-refractivity contribution is 5.65. The first-order valence-corrected chi connectivity index (χ1v) is 12.6. The quantitative estimate of drug-likeness (QED) is 0.122. The molecule has 2 aromatic carbocycles. The highest BCUT2D eigenvalue weighted by Crippen LogP contribution is 2.39. The number of rotatable bonds is 12. The summed E-state index contributed by atoms with van der Waals surface area (Å²) in [6.45, 7) is 9.54. The third-order valence-corrected chi connectivity index (χ3v) is 6.75. The summed E-state index contributed by atoms with van der Waals surface area (Å²) >= 11 is 0. The summed E-state index contributed by atoms with van der Waals surface area (Å²) in [6.07, 6.45) is 4.61. The van der Waals surface area contributed by atoms with Gasteiger partial charge in [-0.2, -0.15) is 8.78 Å². The highest BCUT2D eigenvalue weighted by Gasteiger charge is 2.27. The van der Waals surface area contributed by atoms with E-state index in [1.165, 1.54) is 7.11 Å². The number of benzene rings is 2. The molecule has 37 heavy (non-hydrogen) atoms. The van der Waals surface area contributed by atoms with Crippen molar-refractivity contribution in [2.24, 2.45) is 5.92 Å². The summed E-state index contributed by atoms with van der Waals surface area (Å²) in [6, 6.07) is 10.3. The van der Waals surface area contributed by atoms with Crippen LogP contribution in [0, 0.1) is 17.6 Å². The maximum atomic E-state index is 15.1. The summed E-state index contributed by atoms with van der Waals surface area (Å²) in [7, 11) is 1.18. The minimum atomic E-state index is -1.26. The average molecular weight is 519 g/mol. The van der Waals surface area contributed by atoms with Crippen molar-refractivity contribution >= 4 is 0 Å². The van der Waals surface area contributed by atoms with Crippen molar-refractivity contribution in [3.05, 3.63) is 89.9 Å². The predicted molar refractivity (Wildman–Crippen MR) is 137 cm³/mol. The van der Waals surface area contributed by atoms with E-state index in [4.69, 9.17) is 9.47 Å². The summed E-state index contributed by atoms with van der Waals surface area (Å²) in [5, 5.41) is 0. The van der Waals surface area contributed by atoms with Gasteiger partial charge < -0.3 is 14.2 Å². The number of unbranched alkanes of at least 4 members (excludes halogenated alkanes) is 1. The summed E-state index contributed by atoms with van der Waals surface area (Å²) in [5.41, 5.74) is 1.15. The molecule has 0 N–H and O–H groups in total. The van der Waals surface area contributed by atoms with Crippen LogP contribution in [0.25, 0.3) is 11.1 Å². The zero-order valence-corrected chi connectivity index (χ0v) is 21.4. The predicted octanol–water partition coefficient (Wildman–Crippen LogP) is 8.93. The molecule has 0 heterocycles. The maximum absolute atomic E-state index is 15.1. The SMILES string of the molecule is C=C(OC)/C(F)=C(/F)C(=C)OCC1CCC(c2ccc(-c3ccc(OCCCC)cc3)c(F)c2F)CC1. The Morgan fingerprint density at radius 2 is 1.54 bits per heavy atom. The molecule has 2 aromatic rings. The van der Waals surface area contributed by atoms with E-state index < -0.39 is 34.8 Å². The van der Waals surface area contributed by atoms with Crippen LogP contribution in [0.4, 0.5) is 17.6 Å². The zero-order valence-electron chi connectivity index (χ0n) is 21.4. The largest absolute Gasteiger partial charge is 0.494 e. The van der Waals surface area contributed by atoms with Crippen LogP contribution in [-0.4, -0.2) is 20.3 Å². The third kappa shape index (κ3) is 7.18. The van der Waals surface area contributed by atoms with Gasteiger partial charge in [0.2, 0.25) is 11.7 Å². The molecule has 0 spiro atoms. The van der Waals surface area contributed by atoms with E-state index in [2.05, 4.69) is 24.8 Å². The van der Waals surface area contributed by atoms with Gasteiger partial charge in [-0.1, -0.05) is 50.8 Å². The van der Waals surface area contributed by atoms with Crippen molar-refractivity contribution in [3.63, 3.8) is 0 Å². The van der Waals surface area contributed by atoms with Gasteiger partial charge in [-0.3, -0.25) is 0 Å². The lowest BCUT2D eigenvalue weighted by molar-refractivity contribution is 0.135. The lowest BCUT2D eigenvalue weighted by Gasteiger charge is -2.29. The van der Waals surface area contributed by atoms with Crippen LogP contribution in [0.5, 0.6) is 5.75 Å². The van der Waals surface area contributed by atoms with Gasteiger partial charge in [0.15, 0.2) is 23.2 Å². The fraction of sp³-hybridized carbons (Fsp3) is 0.400.